The number of carbonyl (C=O) groups is 1. The lowest BCUT2D eigenvalue weighted by atomic mass is 10.0. The van der Waals surface area contributed by atoms with Crippen LogP contribution in [0.15, 0.2) is 65.8 Å². The van der Waals surface area contributed by atoms with Crippen molar-refractivity contribution in [2.24, 2.45) is 5.92 Å². The first-order valence-electron chi connectivity index (χ1n) is 13.0. The van der Waals surface area contributed by atoms with E-state index in [2.05, 4.69) is 9.72 Å². The maximum absolute atomic E-state index is 13.6. The maximum atomic E-state index is 13.6. The molecule has 0 bridgehead atoms. The molecule has 2 heterocycles. The number of aromatic nitrogens is 1. The van der Waals surface area contributed by atoms with E-state index >= 15 is 0 Å². The Balaban J connectivity index is 1.46. The SMILES string of the molecule is O=C(O[C@@H](Cc1c(Cl)cncc1Cl)c1ccc(OC(F)F)c(OCC2CC2)c1)[C@@H]1SCCN1S(=O)(=O)c1ccccc1. The highest BCUT2D eigenvalue weighted by Crippen LogP contribution is 2.39. The number of pyridine rings is 1. The molecule has 0 radical (unpaired) electrons. The second kappa shape index (κ2) is 13.3. The van der Waals surface area contributed by atoms with Crippen LogP contribution in [0.1, 0.15) is 30.1 Å². The Hall–Kier alpha value is -2.64. The third-order valence-electron chi connectivity index (χ3n) is 6.73. The van der Waals surface area contributed by atoms with E-state index < -0.39 is 34.1 Å². The number of nitrogens with zero attached hydrogens (tertiary/aromatic N) is 2. The molecule has 3 aromatic rings. The van der Waals surface area contributed by atoms with E-state index in [0.717, 1.165) is 28.9 Å². The Labute approximate surface area is 256 Å². The van der Waals surface area contributed by atoms with Crippen LogP contribution in [0, 0.1) is 5.92 Å². The lowest BCUT2D eigenvalue weighted by Crippen LogP contribution is -2.40. The van der Waals surface area contributed by atoms with Crippen molar-refractivity contribution in [3.8, 4) is 11.5 Å². The van der Waals surface area contributed by atoms with Crippen LogP contribution in [0.25, 0.3) is 0 Å². The van der Waals surface area contributed by atoms with Gasteiger partial charge in [-0.15, -0.1) is 11.8 Å². The Morgan fingerprint density at radius 1 is 1.07 bits per heavy atom. The molecular weight excluding hydrogens is 633 g/mol. The topological polar surface area (TPSA) is 95.0 Å². The van der Waals surface area contributed by atoms with E-state index in [1.54, 1.807) is 18.2 Å². The number of ether oxygens (including phenoxy) is 3. The molecule has 0 amide bonds. The maximum Gasteiger partial charge on any atom is 0.387 e. The monoisotopic (exact) mass is 658 g/mol. The molecule has 1 aliphatic carbocycles. The second-order valence-corrected chi connectivity index (χ2v) is 13.6. The van der Waals surface area contributed by atoms with E-state index in [-0.39, 0.29) is 39.4 Å². The van der Waals surface area contributed by atoms with Gasteiger partial charge in [0.1, 0.15) is 6.10 Å². The number of hydrogen-bond donors (Lipinski definition) is 0. The molecule has 5 rings (SSSR count). The van der Waals surface area contributed by atoms with Crippen LogP contribution in [0.3, 0.4) is 0 Å². The van der Waals surface area contributed by atoms with E-state index in [4.69, 9.17) is 32.7 Å². The first-order valence-corrected chi connectivity index (χ1v) is 16.3. The van der Waals surface area contributed by atoms with Crippen LogP contribution in [-0.4, -0.2) is 54.6 Å². The number of sulfonamides is 1. The molecule has 2 aliphatic rings. The summed E-state index contributed by atoms with van der Waals surface area (Å²) in [6.45, 7) is -2.63. The standard InChI is InChI=1S/C28H26Cl2F2N2O6S2/c29-21-14-33-15-22(30)20(21)13-24(18-8-9-23(40-28(31)32)25(12-18)38-16-17-6-7-17)39-27(35)26-34(10-11-41-26)42(36,37)19-4-2-1-3-5-19/h1-5,8-9,12,14-15,17,24,26,28H,6-7,10-11,13,16H2/t24-,26-/m0/s1. The summed E-state index contributed by atoms with van der Waals surface area (Å²) in [5.74, 6) is -0.177. The Kier molecular flexibility index (Phi) is 9.78. The van der Waals surface area contributed by atoms with Crippen LogP contribution in [0.4, 0.5) is 8.78 Å². The van der Waals surface area contributed by atoms with E-state index in [0.29, 0.717) is 29.4 Å². The number of rotatable bonds is 12. The van der Waals surface area contributed by atoms with Crippen molar-refractivity contribution in [3.05, 3.63) is 82.1 Å². The number of hydrogen-bond acceptors (Lipinski definition) is 8. The van der Waals surface area contributed by atoms with Crippen molar-refractivity contribution in [1.29, 1.82) is 0 Å². The van der Waals surface area contributed by atoms with Gasteiger partial charge in [-0.3, -0.25) is 4.98 Å². The largest absolute Gasteiger partial charge is 0.489 e. The summed E-state index contributed by atoms with van der Waals surface area (Å²) in [7, 11) is -3.99. The van der Waals surface area contributed by atoms with Crippen molar-refractivity contribution in [2.75, 3.05) is 18.9 Å². The molecule has 2 aromatic carbocycles. The predicted molar refractivity (Wildman–Crippen MR) is 155 cm³/mol. The van der Waals surface area contributed by atoms with Gasteiger partial charge in [0.25, 0.3) is 0 Å². The predicted octanol–water partition coefficient (Wildman–Crippen LogP) is 6.37. The fourth-order valence-electron chi connectivity index (χ4n) is 4.38. The first kappa shape index (κ1) is 30.8. The Bertz CT molecular complexity index is 1510. The molecule has 1 aliphatic heterocycles. The molecule has 14 heteroatoms. The molecule has 1 aromatic heterocycles. The van der Waals surface area contributed by atoms with Crippen molar-refractivity contribution in [2.45, 2.75) is 42.2 Å². The Morgan fingerprint density at radius 3 is 2.45 bits per heavy atom. The highest BCUT2D eigenvalue weighted by molar-refractivity contribution is 8.02. The molecule has 42 heavy (non-hydrogen) atoms. The smallest absolute Gasteiger partial charge is 0.387 e. The number of esters is 1. The molecule has 1 saturated heterocycles. The van der Waals surface area contributed by atoms with Gasteiger partial charge in [-0.2, -0.15) is 13.1 Å². The van der Waals surface area contributed by atoms with E-state index in [1.165, 1.54) is 42.7 Å². The van der Waals surface area contributed by atoms with Crippen LogP contribution in [0.2, 0.25) is 10.0 Å². The zero-order chi connectivity index (χ0) is 29.9. The quantitative estimate of drug-likeness (QED) is 0.207. The summed E-state index contributed by atoms with van der Waals surface area (Å²) in [5.41, 5.74) is 0.826. The van der Waals surface area contributed by atoms with Crippen molar-refractivity contribution < 1.29 is 36.2 Å². The summed E-state index contributed by atoms with van der Waals surface area (Å²) in [6.07, 6.45) is 3.70. The fraction of sp³-hybridized carbons (Fsp3) is 0.357. The number of thioether (sulfide) groups is 1. The number of halogens is 4. The summed E-state index contributed by atoms with van der Waals surface area (Å²) < 4.78 is 70.5. The third kappa shape index (κ3) is 7.28. The first-order chi connectivity index (χ1) is 20.1. The highest BCUT2D eigenvalue weighted by Gasteiger charge is 2.42. The normalized spacial score (nSPS) is 18.2. The van der Waals surface area contributed by atoms with Gasteiger partial charge in [-0.05, 0) is 54.2 Å². The van der Waals surface area contributed by atoms with Gasteiger partial charge in [-0.1, -0.05) is 47.5 Å². The van der Waals surface area contributed by atoms with Crippen molar-refractivity contribution >= 4 is 51.0 Å². The average Bonchev–Trinajstić information content (AvgIpc) is 3.65. The minimum atomic E-state index is -3.99. The lowest BCUT2D eigenvalue weighted by molar-refractivity contribution is -0.150. The van der Waals surface area contributed by atoms with E-state index in [9.17, 15) is 22.0 Å². The number of benzene rings is 2. The Morgan fingerprint density at radius 2 is 1.79 bits per heavy atom. The highest BCUT2D eigenvalue weighted by atomic mass is 35.5. The lowest BCUT2D eigenvalue weighted by Gasteiger charge is -2.26. The summed E-state index contributed by atoms with van der Waals surface area (Å²) in [4.78, 5) is 17.6. The number of carbonyl (C=O) groups excluding carboxylic acids is 1. The van der Waals surface area contributed by atoms with E-state index in [1.807, 2.05) is 0 Å². The van der Waals surface area contributed by atoms with Gasteiger partial charge in [0, 0.05) is 31.1 Å². The van der Waals surface area contributed by atoms with Gasteiger partial charge >= 0.3 is 12.6 Å². The molecule has 0 spiro atoms. The molecule has 2 fully saturated rings. The fourth-order valence-corrected chi connectivity index (χ4v) is 7.97. The zero-order valence-corrected chi connectivity index (χ0v) is 25.1. The van der Waals surface area contributed by atoms with Crippen molar-refractivity contribution in [3.63, 3.8) is 0 Å². The van der Waals surface area contributed by atoms with Crippen molar-refractivity contribution in [1.82, 2.24) is 9.29 Å². The van der Waals surface area contributed by atoms with Crippen LogP contribution in [0.5, 0.6) is 11.5 Å². The molecule has 224 valence electrons. The second-order valence-electron chi connectivity index (χ2n) is 9.70. The number of alkyl halides is 2. The van der Waals surface area contributed by atoms with Crippen LogP contribution >= 0.6 is 35.0 Å². The third-order valence-corrected chi connectivity index (χ3v) is 10.6. The minimum Gasteiger partial charge on any atom is -0.489 e. The molecule has 0 unspecified atom stereocenters. The summed E-state index contributed by atoms with van der Waals surface area (Å²) >= 11 is 13.9. The molecule has 0 N–H and O–H groups in total. The minimum absolute atomic E-state index is 0.00807. The van der Waals surface area contributed by atoms with Crippen LogP contribution < -0.4 is 9.47 Å². The van der Waals surface area contributed by atoms with Crippen LogP contribution in [-0.2, 0) is 26.0 Å². The summed E-state index contributed by atoms with van der Waals surface area (Å²) in [5, 5.41) is -0.682. The van der Waals surface area contributed by atoms with Gasteiger partial charge in [0.2, 0.25) is 10.0 Å². The summed E-state index contributed by atoms with van der Waals surface area (Å²) in [6, 6.07) is 12.1. The average molecular weight is 660 g/mol. The zero-order valence-electron chi connectivity index (χ0n) is 22.0. The van der Waals surface area contributed by atoms with Gasteiger partial charge in [0.15, 0.2) is 16.9 Å². The molecular formula is C28H26Cl2F2N2O6S2. The molecule has 8 nitrogen and oxygen atoms in total. The van der Waals surface area contributed by atoms with Gasteiger partial charge in [-0.25, -0.2) is 13.2 Å². The van der Waals surface area contributed by atoms with Gasteiger partial charge in [0.05, 0.1) is 21.5 Å². The van der Waals surface area contributed by atoms with Gasteiger partial charge < -0.3 is 14.2 Å². The molecule has 1 saturated carbocycles. The molecule has 2 atom stereocenters.